The number of amides is 1. The molecular weight excluding hydrogens is 501 g/mol. The molecule has 0 radical (unpaired) electrons. The monoisotopic (exact) mass is 535 g/mol. The Hall–Kier alpha value is -2.13. The molecule has 1 unspecified atom stereocenters. The average Bonchev–Trinajstić information content (AvgIpc) is 3.33. The van der Waals surface area contributed by atoms with Gasteiger partial charge in [0.25, 0.3) is 5.91 Å². The molecule has 0 saturated carbocycles. The molecule has 31 heavy (non-hydrogen) atoms. The van der Waals surface area contributed by atoms with Gasteiger partial charge in [0.15, 0.2) is 5.96 Å². The molecule has 6 nitrogen and oxygen atoms in total. The molecule has 0 aliphatic carbocycles. The molecule has 2 aromatic carbocycles. The van der Waals surface area contributed by atoms with Crippen LogP contribution in [0.2, 0.25) is 0 Å². The van der Waals surface area contributed by atoms with E-state index >= 15 is 0 Å². The van der Waals surface area contributed by atoms with E-state index in [-0.39, 0.29) is 29.9 Å². The molecule has 168 valence electrons. The number of aliphatic imine (C=N–C) groups is 1. The SMILES string of the molecule is CN=C(NCCc1cccc(C(=O)NC)c1)NCC(c1ccccc1)N1CCCC1.I. The molecule has 1 atom stereocenters. The lowest BCUT2D eigenvalue weighted by atomic mass is 10.1. The quantitative estimate of drug-likeness (QED) is 0.276. The van der Waals surface area contributed by atoms with E-state index in [2.05, 4.69) is 56.2 Å². The summed E-state index contributed by atoms with van der Waals surface area (Å²) in [5, 5.41) is 9.57. The highest BCUT2D eigenvalue weighted by molar-refractivity contribution is 14.0. The van der Waals surface area contributed by atoms with Crippen LogP contribution in [-0.4, -0.2) is 57.0 Å². The summed E-state index contributed by atoms with van der Waals surface area (Å²) >= 11 is 0. The van der Waals surface area contributed by atoms with E-state index in [4.69, 9.17) is 0 Å². The minimum Gasteiger partial charge on any atom is -0.356 e. The van der Waals surface area contributed by atoms with Gasteiger partial charge in [0.2, 0.25) is 0 Å². The first-order chi connectivity index (χ1) is 14.7. The maximum atomic E-state index is 11.8. The van der Waals surface area contributed by atoms with E-state index in [9.17, 15) is 4.79 Å². The van der Waals surface area contributed by atoms with Crippen LogP contribution >= 0.6 is 24.0 Å². The van der Waals surface area contributed by atoms with Crippen LogP contribution in [0.4, 0.5) is 0 Å². The van der Waals surface area contributed by atoms with Crippen molar-refractivity contribution < 1.29 is 4.79 Å². The molecule has 1 aliphatic rings. The van der Waals surface area contributed by atoms with Gasteiger partial charge in [-0.25, -0.2) is 0 Å². The lowest BCUT2D eigenvalue weighted by molar-refractivity contribution is 0.0963. The summed E-state index contributed by atoms with van der Waals surface area (Å²) < 4.78 is 0. The maximum Gasteiger partial charge on any atom is 0.251 e. The number of hydrogen-bond donors (Lipinski definition) is 3. The van der Waals surface area contributed by atoms with Crippen molar-refractivity contribution in [3.05, 3.63) is 71.3 Å². The van der Waals surface area contributed by atoms with E-state index in [1.54, 1.807) is 14.1 Å². The van der Waals surface area contributed by atoms with E-state index in [0.717, 1.165) is 44.1 Å². The number of nitrogens with one attached hydrogen (secondary N) is 3. The molecule has 1 amide bonds. The third-order valence-electron chi connectivity index (χ3n) is 5.57. The molecule has 1 fully saturated rings. The molecule has 1 aliphatic heterocycles. The van der Waals surface area contributed by atoms with Crippen LogP contribution in [0.15, 0.2) is 59.6 Å². The van der Waals surface area contributed by atoms with Gasteiger partial charge in [-0.05, 0) is 55.6 Å². The van der Waals surface area contributed by atoms with Gasteiger partial charge < -0.3 is 16.0 Å². The Morgan fingerprint density at radius 2 is 1.81 bits per heavy atom. The highest BCUT2D eigenvalue weighted by atomic mass is 127. The molecular formula is C24H34IN5O. The van der Waals surface area contributed by atoms with Gasteiger partial charge in [0, 0.05) is 32.7 Å². The zero-order valence-corrected chi connectivity index (χ0v) is 20.8. The van der Waals surface area contributed by atoms with Gasteiger partial charge in [0.1, 0.15) is 0 Å². The van der Waals surface area contributed by atoms with Gasteiger partial charge in [-0.2, -0.15) is 0 Å². The van der Waals surface area contributed by atoms with Crippen LogP contribution in [0.25, 0.3) is 0 Å². The summed E-state index contributed by atoms with van der Waals surface area (Å²) in [6, 6.07) is 18.8. The van der Waals surface area contributed by atoms with Crippen molar-refractivity contribution in [3.8, 4) is 0 Å². The fraction of sp³-hybridized carbons (Fsp3) is 0.417. The molecule has 1 heterocycles. The lowest BCUT2D eigenvalue weighted by Crippen LogP contribution is -2.43. The zero-order valence-electron chi connectivity index (χ0n) is 18.4. The van der Waals surface area contributed by atoms with Crippen LogP contribution in [0.3, 0.4) is 0 Å². The topological polar surface area (TPSA) is 68.8 Å². The molecule has 0 bridgehead atoms. The fourth-order valence-corrected chi connectivity index (χ4v) is 3.94. The van der Waals surface area contributed by atoms with Crippen LogP contribution in [0.1, 0.15) is 40.4 Å². The normalized spacial score (nSPS) is 15.1. The minimum atomic E-state index is -0.0591. The van der Waals surface area contributed by atoms with E-state index in [0.29, 0.717) is 11.6 Å². The van der Waals surface area contributed by atoms with Crippen molar-refractivity contribution in [1.82, 2.24) is 20.9 Å². The fourth-order valence-electron chi connectivity index (χ4n) is 3.94. The van der Waals surface area contributed by atoms with Gasteiger partial charge in [-0.3, -0.25) is 14.7 Å². The predicted molar refractivity (Wildman–Crippen MR) is 138 cm³/mol. The third-order valence-corrected chi connectivity index (χ3v) is 5.57. The Morgan fingerprint density at radius 3 is 2.48 bits per heavy atom. The Labute approximate surface area is 202 Å². The summed E-state index contributed by atoms with van der Waals surface area (Å²) in [6.07, 6.45) is 3.36. The second-order valence-corrected chi connectivity index (χ2v) is 7.58. The van der Waals surface area contributed by atoms with E-state index in [1.807, 2.05) is 24.3 Å². The number of carbonyl (C=O) groups excluding carboxylic acids is 1. The van der Waals surface area contributed by atoms with Gasteiger partial charge in [-0.15, -0.1) is 24.0 Å². The standard InChI is InChI=1S/C24H33N5O.HI/c1-25-23(30)21-12-8-9-19(17-21)13-14-27-24(26-2)28-18-22(29-15-6-7-16-29)20-10-4-3-5-11-20;/h3-5,8-12,17,22H,6-7,13-16,18H2,1-2H3,(H,25,30)(H2,26,27,28);1H. The first-order valence-corrected chi connectivity index (χ1v) is 10.8. The summed E-state index contributed by atoms with van der Waals surface area (Å²) in [4.78, 5) is 18.7. The second-order valence-electron chi connectivity index (χ2n) is 7.58. The van der Waals surface area contributed by atoms with Crippen molar-refractivity contribution in [3.63, 3.8) is 0 Å². The van der Waals surface area contributed by atoms with Crippen LogP contribution in [-0.2, 0) is 6.42 Å². The van der Waals surface area contributed by atoms with Crippen molar-refractivity contribution >= 4 is 35.8 Å². The minimum absolute atomic E-state index is 0. The van der Waals surface area contributed by atoms with Gasteiger partial charge in [-0.1, -0.05) is 42.5 Å². The first-order valence-electron chi connectivity index (χ1n) is 10.8. The Kier molecular flexibility index (Phi) is 10.8. The maximum absolute atomic E-state index is 11.8. The summed E-state index contributed by atoms with van der Waals surface area (Å²) in [5.74, 6) is 0.744. The van der Waals surface area contributed by atoms with Gasteiger partial charge in [0.05, 0.1) is 6.04 Å². The van der Waals surface area contributed by atoms with Crippen molar-refractivity contribution in [2.75, 3.05) is 40.3 Å². The number of nitrogens with zero attached hydrogens (tertiary/aromatic N) is 2. The highest BCUT2D eigenvalue weighted by Gasteiger charge is 2.23. The van der Waals surface area contributed by atoms with Crippen LogP contribution < -0.4 is 16.0 Å². The summed E-state index contributed by atoms with van der Waals surface area (Å²) in [5.41, 5.74) is 3.15. The lowest BCUT2D eigenvalue weighted by Gasteiger charge is -2.29. The Balaban J connectivity index is 0.00000341. The Bertz CT molecular complexity index is 837. The van der Waals surface area contributed by atoms with Crippen LogP contribution in [0.5, 0.6) is 0 Å². The number of benzene rings is 2. The Morgan fingerprint density at radius 1 is 1.06 bits per heavy atom. The molecule has 2 aromatic rings. The number of carbonyl (C=O) groups is 1. The number of likely N-dealkylation sites (tertiary alicyclic amines) is 1. The number of hydrogen-bond acceptors (Lipinski definition) is 3. The number of rotatable bonds is 8. The zero-order chi connectivity index (χ0) is 21.2. The highest BCUT2D eigenvalue weighted by Crippen LogP contribution is 2.24. The molecule has 0 aromatic heterocycles. The molecule has 1 saturated heterocycles. The van der Waals surface area contributed by atoms with E-state index in [1.165, 1.54) is 18.4 Å². The number of guanidine groups is 1. The van der Waals surface area contributed by atoms with E-state index < -0.39 is 0 Å². The van der Waals surface area contributed by atoms with Crippen molar-refractivity contribution in [2.24, 2.45) is 4.99 Å². The molecule has 3 N–H and O–H groups in total. The predicted octanol–water partition coefficient (Wildman–Crippen LogP) is 3.21. The largest absolute Gasteiger partial charge is 0.356 e. The smallest absolute Gasteiger partial charge is 0.251 e. The summed E-state index contributed by atoms with van der Waals surface area (Å²) in [7, 11) is 3.45. The van der Waals surface area contributed by atoms with Crippen molar-refractivity contribution in [1.29, 1.82) is 0 Å². The molecule has 0 spiro atoms. The first kappa shape index (κ1) is 25.1. The molecule has 3 rings (SSSR count). The average molecular weight is 535 g/mol. The molecule has 7 heteroatoms. The van der Waals surface area contributed by atoms with Crippen molar-refractivity contribution in [2.45, 2.75) is 25.3 Å². The second kappa shape index (κ2) is 13.3. The van der Waals surface area contributed by atoms with Gasteiger partial charge >= 0.3 is 0 Å². The number of halogens is 1. The van der Waals surface area contributed by atoms with Crippen LogP contribution in [0, 0.1) is 0 Å². The summed E-state index contributed by atoms with van der Waals surface area (Å²) in [6.45, 7) is 3.86. The third kappa shape index (κ3) is 7.50.